The summed E-state index contributed by atoms with van der Waals surface area (Å²) in [7, 11) is 0. The molecule has 17 heavy (non-hydrogen) atoms. The lowest BCUT2D eigenvalue weighted by molar-refractivity contribution is 0.349. The summed E-state index contributed by atoms with van der Waals surface area (Å²) in [5.41, 5.74) is 0.313. The summed E-state index contributed by atoms with van der Waals surface area (Å²) < 4.78 is 5.60. The maximum Gasteiger partial charge on any atom is 0.217 e. The number of hydrogen-bond acceptors (Lipinski definition) is 4. The first kappa shape index (κ1) is 14.2. The Morgan fingerprint density at radius 3 is 2.24 bits per heavy atom. The van der Waals surface area contributed by atoms with E-state index < -0.39 is 0 Å². The maximum absolute atomic E-state index is 5.60. The molecule has 0 saturated carbocycles. The van der Waals surface area contributed by atoms with Gasteiger partial charge in [0, 0.05) is 25.4 Å². The van der Waals surface area contributed by atoms with Crippen molar-refractivity contribution in [2.45, 2.75) is 59.9 Å². The van der Waals surface area contributed by atoms with Crippen LogP contribution in [0, 0.1) is 5.41 Å². The summed E-state index contributed by atoms with van der Waals surface area (Å²) >= 11 is 0. The van der Waals surface area contributed by atoms with Crippen LogP contribution < -0.4 is 5.32 Å². The first-order valence-electron chi connectivity index (χ1n) is 6.41. The van der Waals surface area contributed by atoms with E-state index in [2.05, 4.69) is 50.1 Å². The molecule has 98 valence electrons. The molecule has 0 bridgehead atoms. The Morgan fingerprint density at radius 2 is 1.71 bits per heavy atom. The van der Waals surface area contributed by atoms with Gasteiger partial charge in [-0.3, -0.25) is 0 Å². The highest BCUT2D eigenvalue weighted by Crippen LogP contribution is 2.20. The summed E-state index contributed by atoms with van der Waals surface area (Å²) in [5.74, 6) is 1.50. The number of aromatic nitrogens is 2. The highest BCUT2D eigenvalue weighted by Gasteiger charge is 2.13. The summed E-state index contributed by atoms with van der Waals surface area (Å²) in [6.45, 7) is 11.8. The van der Waals surface area contributed by atoms with E-state index in [1.54, 1.807) is 0 Å². The normalized spacial score (nSPS) is 12.4. The fourth-order valence-electron chi connectivity index (χ4n) is 1.44. The Labute approximate surface area is 104 Å². The third kappa shape index (κ3) is 6.41. The van der Waals surface area contributed by atoms with Gasteiger partial charge in [0.05, 0.1) is 0 Å². The van der Waals surface area contributed by atoms with Gasteiger partial charge < -0.3 is 9.73 Å². The first-order chi connectivity index (χ1) is 7.87. The van der Waals surface area contributed by atoms with Crippen LogP contribution in [-0.4, -0.2) is 22.8 Å². The molecule has 0 unspecified atom stereocenters. The number of hydrogen-bond donors (Lipinski definition) is 1. The molecule has 0 atom stereocenters. The van der Waals surface area contributed by atoms with Crippen molar-refractivity contribution in [3.05, 3.63) is 11.8 Å². The number of rotatable bonds is 6. The van der Waals surface area contributed by atoms with Crippen molar-refractivity contribution < 1.29 is 4.42 Å². The van der Waals surface area contributed by atoms with Crippen molar-refractivity contribution in [2.75, 3.05) is 6.54 Å². The average molecular weight is 239 g/mol. The lowest BCUT2D eigenvalue weighted by atomic mass is 9.91. The van der Waals surface area contributed by atoms with Crippen molar-refractivity contribution in [3.8, 4) is 0 Å². The Balaban J connectivity index is 2.32. The minimum atomic E-state index is 0.313. The molecule has 1 N–H and O–H groups in total. The Morgan fingerprint density at radius 1 is 1.12 bits per heavy atom. The predicted molar refractivity (Wildman–Crippen MR) is 68.9 cm³/mol. The second-order valence-corrected chi connectivity index (χ2v) is 6.01. The summed E-state index contributed by atoms with van der Waals surface area (Å²) in [4.78, 5) is 0. The van der Waals surface area contributed by atoms with Crippen LogP contribution in [0.5, 0.6) is 0 Å². The largest absolute Gasteiger partial charge is 0.425 e. The molecule has 0 aliphatic rings. The van der Waals surface area contributed by atoms with Crippen molar-refractivity contribution in [1.82, 2.24) is 15.5 Å². The van der Waals surface area contributed by atoms with Crippen LogP contribution in [0.3, 0.4) is 0 Å². The molecule has 0 aliphatic carbocycles. The van der Waals surface area contributed by atoms with E-state index in [9.17, 15) is 0 Å². The summed E-state index contributed by atoms with van der Waals surface area (Å²) in [6, 6.07) is 0.498. The SMILES string of the molecule is CC(C)NCCc1nnc(CCC(C)(C)C)o1. The molecule has 0 saturated heterocycles. The molecule has 1 heterocycles. The van der Waals surface area contributed by atoms with Gasteiger partial charge in [-0.05, 0) is 11.8 Å². The van der Waals surface area contributed by atoms with E-state index in [1.165, 1.54) is 0 Å². The monoisotopic (exact) mass is 239 g/mol. The van der Waals surface area contributed by atoms with Gasteiger partial charge in [-0.25, -0.2) is 0 Å². The molecule has 1 aromatic heterocycles. The van der Waals surface area contributed by atoms with Crippen LogP contribution in [0.1, 0.15) is 52.8 Å². The first-order valence-corrected chi connectivity index (χ1v) is 6.41. The van der Waals surface area contributed by atoms with Crippen LogP contribution in [0.15, 0.2) is 4.42 Å². The van der Waals surface area contributed by atoms with Crippen LogP contribution in [-0.2, 0) is 12.8 Å². The van der Waals surface area contributed by atoms with Crippen LogP contribution in [0.4, 0.5) is 0 Å². The van der Waals surface area contributed by atoms with Gasteiger partial charge in [0.2, 0.25) is 11.8 Å². The predicted octanol–water partition coefficient (Wildman–Crippen LogP) is 2.59. The van der Waals surface area contributed by atoms with Gasteiger partial charge in [0.15, 0.2) is 0 Å². The Kier molecular flexibility index (Phi) is 5.12. The fourth-order valence-corrected chi connectivity index (χ4v) is 1.44. The van der Waals surface area contributed by atoms with Gasteiger partial charge in [-0.2, -0.15) is 0 Å². The molecule has 1 aromatic rings. The minimum absolute atomic E-state index is 0.313. The Hall–Kier alpha value is -0.900. The van der Waals surface area contributed by atoms with Crippen molar-refractivity contribution in [3.63, 3.8) is 0 Å². The van der Waals surface area contributed by atoms with E-state index >= 15 is 0 Å². The fraction of sp³-hybridized carbons (Fsp3) is 0.846. The second kappa shape index (κ2) is 6.15. The quantitative estimate of drug-likeness (QED) is 0.829. The zero-order valence-corrected chi connectivity index (χ0v) is 11.7. The zero-order chi connectivity index (χ0) is 12.9. The van der Waals surface area contributed by atoms with Crippen molar-refractivity contribution in [1.29, 1.82) is 0 Å². The van der Waals surface area contributed by atoms with E-state index in [1.807, 2.05) is 0 Å². The smallest absolute Gasteiger partial charge is 0.217 e. The van der Waals surface area contributed by atoms with E-state index in [0.717, 1.165) is 37.6 Å². The van der Waals surface area contributed by atoms with Crippen molar-refractivity contribution in [2.24, 2.45) is 5.41 Å². The third-order valence-corrected chi connectivity index (χ3v) is 2.49. The van der Waals surface area contributed by atoms with E-state index in [-0.39, 0.29) is 0 Å². The third-order valence-electron chi connectivity index (χ3n) is 2.49. The molecular weight excluding hydrogens is 214 g/mol. The van der Waals surface area contributed by atoms with Gasteiger partial charge in [-0.1, -0.05) is 34.6 Å². The van der Waals surface area contributed by atoms with Crippen LogP contribution >= 0.6 is 0 Å². The van der Waals surface area contributed by atoms with E-state index in [0.29, 0.717) is 11.5 Å². The summed E-state index contributed by atoms with van der Waals surface area (Å²) in [6.07, 6.45) is 2.74. The zero-order valence-electron chi connectivity index (χ0n) is 11.7. The van der Waals surface area contributed by atoms with Crippen LogP contribution in [0.2, 0.25) is 0 Å². The molecule has 1 rings (SSSR count). The molecule has 0 fully saturated rings. The van der Waals surface area contributed by atoms with Crippen molar-refractivity contribution >= 4 is 0 Å². The maximum atomic E-state index is 5.60. The standard InChI is InChI=1S/C13H25N3O/c1-10(2)14-9-7-12-16-15-11(17-12)6-8-13(3,4)5/h10,14H,6-9H2,1-5H3. The molecule has 4 nitrogen and oxygen atoms in total. The molecule has 0 amide bonds. The van der Waals surface area contributed by atoms with Gasteiger partial charge >= 0.3 is 0 Å². The van der Waals surface area contributed by atoms with Gasteiger partial charge in [0.25, 0.3) is 0 Å². The number of nitrogens with one attached hydrogen (secondary N) is 1. The van der Waals surface area contributed by atoms with Crippen LogP contribution in [0.25, 0.3) is 0 Å². The van der Waals surface area contributed by atoms with Gasteiger partial charge in [0.1, 0.15) is 0 Å². The summed E-state index contributed by atoms with van der Waals surface area (Å²) in [5, 5.41) is 11.5. The molecule has 0 aromatic carbocycles. The average Bonchev–Trinajstić information content (AvgIpc) is 2.61. The molecule has 0 radical (unpaired) electrons. The molecule has 0 aliphatic heterocycles. The molecular formula is C13H25N3O. The highest BCUT2D eigenvalue weighted by molar-refractivity contribution is 4.84. The number of nitrogens with zero attached hydrogens (tertiary/aromatic N) is 2. The highest BCUT2D eigenvalue weighted by atomic mass is 16.4. The lowest BCUT2D eigenvalue weighted by Crippen LogP contribution is -2.25. The minimum Gasteiger partial charge on any atom is -0.425 e. The molecule has 4 heteroatoms. The van der Waals surface area contributed by atoms with Gasteiger partial charge in [-0.15, -0.1) is 10.2 Å². The Bertz CT molecular complexity index is 326. The lowest BCUT2D eigenvalue weighted by Gasteiger charge is -2.15. The topological polar surface area (TPSA) is 51.0 Å². The molecule has 0 spiro atoms. The van der Waals surface area contributed by atoms with E-state index in [4.69, 9.17) is 4.42 Å². The second-order valence-electron chi connectivity index (χ2n) is 6.01. The number of aryl methyl sites for hydroxylation is 1.